The summed E-state index contributed by atoms with van der Waals surface area (Å²) < 4.78 is 5.23. The van der Waals surface area contributed by atoms with E-state index in [-0.39, 0.29) is 18.1 Å². The molecule has 16 heavy (non-hydrogen) atoms. The Kier molecular flexibility index (Phi) is 3.66. The number of nitrogens with zero attached hydrogens (tertiary/aromatic N) is 1. The van der Waals surface area contributed by atoms with Crippen LogP contribution in [-0.4, -0.2) is 49.3 Å². The van der Waals surface area contributed by atoms with Gasteiger partial charge in [0.2, 0.25) is 0 Å². The standard InChI is InChI=1S/C11H21N3O2/c1-8-2-4-14(6-10(8)12)11(15)13-9-3-5-16-7-9/h8-10H,2-7,12H2,1H3,(H,13,15). The van der Waals surface area contributed by atoms with Gasteiger partial charge in [-0.2, -0.15) is 0 Å². The molecule has 0 radical (unpaired) electrons. The van der Waals surface area contributed by atoms with Crippen LogP contribution in [0.3, 0.4) is 0 Å². The van der Waals surface area contributed by atoms with Crippen molar-refractivity contribution < 1.29 is 9.53 Å². The van der Waals surface area contributed by atoms with Crippen LogP contribution < -0.4 is 11.1 Å². The maximum Gasteiger partial charge on any atom is 0.317 e. The number of rotatable bonds is 1. The largest absolute Gasteiger partial charge is 0.379 e. The molecule has 2 heterocycles. The predicted octanol–water partition coefficient (Wildman–Crippen LogP) is 0.154. The number of piperidine rings is 1. The van der Waals surface area contributed by atoms with Crippen LogP contribution >= 0.6 is 0 Å². The van der Waals surface area contributed by atoms with Gasteiger partial charge < -0.3 is 20.7 Å². The number of hydrogen-bond acceptors (Lipinski definition) is 3. The van der Waals surface area contributed by atoms with Crippen molar-refractivity contribution in [3.63, 3.8) is 0 Å². The van der Waals surface area contributed by atoms with E-state index in [0.29, 0.717) is 19.1 Å². The van der Waals surface area contributed by atoms with E-state index < -0.39 is 0 Å². The van der Waals surface area contributed by atoms with Gasteiger partial charge in [0, 0.05) is 25.7 Å². The molecule has 0 aromatic rings. The fourth-order valence-corrected chi connectivity index (χ4v) is 2.20. The van der Waals surface area contributed by atoms with Crippen LogP contribution in [0.15, 0.2) is 0 Å². The Labute approximate surface area is 96.3 Å². The number of urea groups is 1. The minimum atomic E-state index is 0.0119. The number of nitrogens with one attached hydrogen (secondary N) is 1. The Bertz CT molecular complexity index is 254. The molecule has 2 fully saturated rings. The molecule has 0 aromatic heterocycles. The summed E-state index contributed by atoms with van der Waals surface area (Å²) in [6.45, 7) is 5.02. The molecule has 92 valence electrons. The van der Waals surface area contributed by atoms with Gasteiger partial charge in [0.05, 0.1) is 12.6 Å². The second kappa shape index (κ2) is 5.01. The lowest BCUT2D eigenvalue weighted by atomic mass is 9.94. The Morgan fingerprint density at radius 3 is 2.94 bits per heavy atom. The van der Waals surface area contributed by atoms with Crippen molar-refractivity contribution in [3.05, 3.63) is 0 Å². The number of nitrogens with two attached hydrogens (primary N) is 1. The van der Waals surface area contributed by atoms with E-state index in [9.17, 15) is 4.79 Å². The third-order valence-electron chi connectivity index (χ3n) is 3.56. The van der Waals surface area contributed by atoms with Crippen LogP contribution in [-0.2, 0) is 4.74 Å². The Hall–Kier alpha value is -0.810. The van der Waals surface area contributed by atoms with Crippen molar-refractivity contribution in [3.8, 4) is 0 Å². The predicted molar refractivity (Wildman–Crippen MR) is 61.1 cm³/mol. The minimum absolute atomic E-state index is 0.0119. The molecule has 3 N–H and O–H groups in total. The fourth-order valence-electron chi connectivity index (χ4n) is 2.20. The summed E-state index contributed by atoms with van der Waals surface area (Å²) in [6, 6.07) is 0.306. The van der Waals surface area contributed by atoms with Crippen molar-refractivity contribution in [1.29, 1.82) is 0 Å². The van der Waals surface area contributed by atoms with Gasteiger partial charge >= 0.3 is 6.03 Å². The summed E-state index contributed by atoms with van der Waals surface area (Å²) in [4.78, 5) is 13.7. The lowest BCUT2D eigenvalue weighted by molar-refractivity contribution is 0.155. The van der Waals surface area contributed by atoms with E-state index in [4.69, 9.17) is 10.5 Å². The first-order valence-electron chi connectivity index (χ1n) is 6.05. The van der Waals surface area contributed by atoms with Gasteiger partial charge in [-0.3, -0.25) is 0 Å². The van der Waals surface area contributed by atoms with Gasteiger partial charge in [-0.15, -0.1) is 0 Å². The molecular formula is C11H21N3O2. The third-order valence-corrected chi connectivity index (χ3v) is 3.56. The number of carbonyl (C=O) groups excluding carboxylic acids is 1. The second-order valence-electron chi connectivity index (χ2n) is 4.89. The van der Waals surface area contributed by atoms with Crippen molar-refractivity contribution in [2.45, 2.75) is 31.8 Å². The molecule has 2 amide bonds. The molecule has 0 aromatic carbocycles. The quantitative estimate of drug-likeness (QED) is 0.670. The average molecular weight is 227 g/mol. The highest BCUT2D eigenvalue weighted by Gasteiger charge is 2.28. The SMILES string of the molecule is CC1CCN(C(=O)NC2CCOC2)CC1N. The zero-order valence-corrected chi connectivity index (χ0v) is 9.82. The second-order valence-corrected chi connectivity index (χ2v) is 4.89. The smallest absolute Gasteiger partial charge is 0.317 e. The van der Waals surface area contributed by atoms with E-state index in [2.05, 4.69) is 12.2 Å². The van der Waals surface area contributed by atoms with Gasteiger partial charge in [-0.25, -0.2) is 4.79 Å². The molecule has 0 spiro atoms. The van der Waals surface area contributed by atoms with Crippen molar-refractivity contribution in [2.75, 3.05) is 26.3 Å². The molecule has 5 nitrogen and oxygen atoms in total. The molecule has 3 unspecified atom stereocenters. The summed E-state index contributed by atoms with van der Waals surface area (Å²) in [5, 5.41) is 2.99. The number of carbonyl (C=O) groups is 1. The summed E-state index contributed by atoms with van der Waals surface area (Å²) in [6.07, 6.45) is 1.91. The van der Waals surface area contributed by atoms with E-state index in [1.807, 2.05) is 4.90 Å². The van der Waals surface area contributed by atoms with Crippen LogP contribution in [0.5, 0.6) is 0 Å². The number of ether oxygens (including phenoxy) is 1. The summed E-state index contributed by atoms with van der Waals surface area (Å²) in [5.41, 5.74) is 5.97. The zero-order valence-electron chi connectivity index (χ0n) is 9.82. The zero-order chi connectivity index (χ0) is 11.5. The van der Waals surface area contributed by atoms with Crippen molar-refractivity contribution in [2.24, 2.45) is 11.7 Å². The van der Waals surface area contributed by atoms with E-state index in [0.717, 1.165) is 26.0 Å². The van der Waals surface area contributed by atoms with Gasteiger partial charge in [-0.05, 0) is 18.8 Å². The van der Waals surface area contributed by atoms with Crippen LogP contribution in [0.4, 0.5) is 4.79 Å². The number of amides is 2. The van der Waals surface area contributed by atoms with Gasteiger partial charge in [0.25, 0.3) is 0 Å². The average Bonchev–Trinajstić information content (AvgIpc) is 2.74. The fraction of sp³-hybridized carbons (Fsp3) is 0.909. The van der Waals surface area contributed by atoms with Gasteiger partial charge in [0.15, 0.2) is 0 Å². The molecule has 2 rings (SSSR count). The molecular weight excluding hydrogens is 206 g/mol. The minimum Gasteiger partial charge on any atom is -0.379 e. The number of hydrogen-bond donors (Lipinski definition) is 2. The molecule has 0 saturated carbocycles. The topological polar surface area (TPSA) is 67.6 Å². The highest BCUT2D eigenvalue weighted by atomic mass is 16.5. The highest BCUT2D eigenvalue weighted by molar-refractivity contribution is 5.74. The molecule has 3 atom stereocenters. The maximum atomic E-state index is 11.9. The monoisotopic (exact) mass is 227 g/mol. The lowest BCUT2D eigenvalue weighted by Crippen LogP contribution is -2.54. The molecule has 0 bridgehead atoms. The Morgan fingerprint density at radius 1 is 1.50 bits per heavy atom. The van der Waals surface area contributed by atoms with Crippen molar-refractivity contribution >= 4 is 6.03 Å². The van der Waals surface area contributed by atoms with E-state index in [1.54, 1.807) is 0 Å². The first kappa shape index (κ1) is 11.7. The Balaban J connectivity index is 1.80. The summed E-state index contributed by atoms with van der Waals surface area (Å²) >= 11 is 0. The first-order valence-corrected chi connectivity index (χ1v) is 6.05. The molecule has 5 heteroatoms. The first-order chi connectivity index (χ1) is 7.66. The van der Waals surface area contributed by atoms with Gasteiger partial charge in [0.1, 0.15) is 0 Å². The molecule has 0 aliphatic carbocycles. The Morgan fingerprint density at radius 2 is 2.31 bits per heavy atom. The summed E-state index contributed by atoms with van der Waals surface area (Å²) in [5.74, 6) is 0.513. The van der Waals surface area contributed by atoms with Crippen molar-refractivity contribution in [1.82, 2.24) is 10.2 Å². The van der Waals surface area contributed by atoms with E-state index >= 15 is 0 Å². The van der Waals surface area contributed by atoms with E-state index in [1.165, 1.54) is 0 Å². The van der Waals surface area contributed by atoms with Crippen LogP contribution in [0.1, 0.15) is 19.8 Å². The van der Waals surface area contributed by atoms with Crippen LogP contribution in [0.25, 0.3) is 0 Å². The van der Waals surface area contributed by atoms with Gasteiger partial charge in [-0.1, -0.05) is 6.92 Å². The molecule has 2 aliphatic rings. The lowest BCUT2D eigenvalue weighted by Gasteiger charge is -2.35. The normalized spacial score (nSPS) is 35.1. The highest BCUT2D eigenvalue weighted by Crippen LogP contribution is 2.15. The van der Waals surface area contributed by atoms with Crippen LogP contribution in [0.2, 0.25) is 0 Å². The maximum absolute atomic E-state index is 11.9. The number of likely N-dealkylation sites (tertiary alicyclic amines) is 1. The third kappa shape index (κ3) is 2.65. The molecule has 2 saturated heterocycles. The van der Waals surface area contributed by atoms with Crippen LogP contribution in [0, 0.1) is 5.92 Å². The summed E-state index contributed by atoms with van der Waals surface area (Å²) in [7, 11) is 0. The molecule has 2 aliphatic heterocycles.